The molecule has 1 aromatic carbocycles. The van der Waals surface area contributed by atoms with Crippen LogP contribution in [-0.2, 0) is 0 Å². The van der Waals surface area contributed by atoms with Crippen LogP contribution in [0.2, 0.25) is 0 Å². The van der Waals surface area contributed by atoms with Crippen LogP contribution in [0.15, 0.2) is 42.6 Å². The SMILES string of the molecule is N#Cc1cnc2ccc(-c3c(-c4ccc(F)cc4)n[nH]c3C(=O)O)nn12. The predicted octanol–water partition coefficient (Wildman–Crippen LogP) is 2.50. The Morgan fingerprint density at radius 2 is 2.00 bits per heavy atom. The lowest BCUT2D eigenvalue weighted by molar-refractivity contribution is 0.0691. The Labute approximate surface area is 145 Å². The zero-order chi connectivity index (χ0) is 18.3. The van der Waals surface area contributed by atoms with Gasteiger partial charge in [-0.05, 0) is 36.4 Å². The number of aromatic amines is 1. The number of carbonyl (C=O) groups is 1. The van der Waals surface area contributed by atoms with Crippen LogP contribution < -0.4 is 0 Å². The molecule has 2 N–H and O–H groups in total. The third-order valence-corrected chi connectivity index (χ3v) is 3.83. The Balaban J connectivity index is 1.98. The molecule has 0 saturated heterocycles. The van der Waals surface area contributed by atoms with Gasteiger partial charge in [0.05, 0.1) is 17.5 Å². The second-order valence-electron chi connectivity index (χ2n) is 5.38. The summed E-state index contributed by atoms with van der Waals surface area (Å²) >= 11 is 0. The van der Waals surface area contributed by atoms with Gasteiger partial charge < -0.3 is 5.11 Å². The minimum atomic E-state index is -1.21. The molecule has 0 fully saturated rings. The number of H-pyrrole nitrogens is 1. The van der Waals surface area contributed by atoms with Crippen molar-refractivity contribution in [2.75, 3.05) is 0 Å². The highest BCUT2D eigenvalue weighted by atomic mass is 19.1. The molecular weight excluding hydrogens is 339 g/mol. The minimum Gasteiger partial charge on any atom is -0.477 e. The fourth-order valence-electron chi connectivity index (χ4n) is 2.65. The maximum atomic E-state index is 13.2. The van der Waals surface area contributed by atoms with Crippen molar-refractivity contribution in [2.45, 2.75) is 0 Å². The van der Waals surface area contributed by atoms with Gasteiger partial charge in [0.25, 0.3) is 0 Å². The molecule has 3 heterocycles. The summed E-state index contributed by atoms with van der Waals surface area (Å²) in [5, 5.41) is 29.5. The Morgan fingerprint density at radius 3 is 2.69 bits per heavy atom. The predicted molar refractivity (Wildman–Crippen MR) is 87.6 cm³/mol. The standard InChI is InChI=1S/C17H9FN6O2/c18-10-3-1-9(2-4-10)15-14(16(17(25)26)22-21-15)12-5-6-13-20-8-11(7-19)24(13)23-12/h1-6,8H,(H,21,22)(H,25,26). The van der Waals surface area contributed by atoms with E-state index < -0.39 is 11.8 Å². The number of benzene rings is 1. The normalized spacial score (nSPS) is 10.8. The van der Waals surface area contributed by atoms with Crippen molar-refractivity contribution in [3.63, 3.8) is 0 Å². The molecule has 0 radical (unpaired) electrons. The Bertz CT molecular complexity index is 1190. The summed E-state index contributed by atoms with van der Waals surface area (Å²) < 4.78 is 14.5. The molecule has 0 aliphatic carbocycles. The largest absolute Gasteiger partial charge is 0.477 e. The van der Waals surface area contributed by atoms with E-state index in [9.17, 15) is 14.3 Å². The summed E-state index contributed by atoms with van der Waals surface area (Å²) in [6.45, 7) is 0. The minimum absolute atomic E-state index is 0.158. The average molecular weight is 348 g/mol. The van der Waals surface area contributed by atoms with Crippen molar-refractivity contribution in [2.24, 2.45) is 0 Å². The van der Waals surface area contributed by atoms with Crippen LogP contribution in [-0.4, -0.2) is 35.9 Å². The molecule has 0 atom stereocenters. The summed E-state index contributed by atoms with van der Waals surface area (Å²) in [6, 6.07) is 10.7. The van der Waals surface area contributed by atoms with Crippen molar-refractivity contribution in [1.29, 1.82) is 5.26 Å². The highest BCUT2D eigenvalue weighted by molar-refractivity contribution is 5.98. The number of aromatic nitrogens is 5. The summed E-state index contributed by atoms with van der Waals surface area (Å²) in [4.78, 5) is 15.7. The van der Waals surface area contributed by atoms with Crippen LogP contribution in [0.25, 0.3) is 28.2 Å². The molecule has 126 valence electrons. The first kappa shape index (κ1) is 15.5. The summed E-state index contributed by atoms with van der Waals surface area (Å²) in [5.41, 5.74) is 1.88. The lowest BCUT2D eigenvalue weighted by Crippen LogP contribution is -2.02. The number of aromatic carboxylic acids is 1. The molecule has 0 aliphatic rings. The molecule has 9 heteroatoms. The number of carboxylic acid groups (broad SMARTS) is 1. The lowest BCUT2D eigenvalue weighted by atomic mass is 10.0. The fourth-order valence-corrected chi connectivity index (χ4v) is 2.65. The van der Waals surface area contributed by atoms with Gasteiger partial charge in [0.15, 0.2) is 17.0 Å². The molecule has 4 rings (SSSR count). The monoisotopic (exact) mass is 348 g/mol. The summed E-state index contributed by atoms with van der Waals surface area (Å²) in [5.74, 6) is -1.63. The zero-order valence-corrected chi connectivity index (χ0v) is 13.0. The highest BCUT2D eigenvalue weighted by Crippen LogP contribution is 2.32. The average Bonchev–Trinajstić information content (AvgIpc) is 3.25. The van der Waals surface area contributed by atoms with E-state index in [0.29, 0.717) is 16.9 Å². The van der Waals surface area contributed by atoms with Gasteiger partial charge >= 0.3 is 5.97 Å². The van der Waals surface area contributed by atoms with Crippen molar-refractivity contribution < 1.29 is 14.3 Å². The number of hydrogen-bond donors (Lipinski definition) is 2. The third-order valence-electron chi connectivity index (χ3n) is 3.83. The third kappa shape index (κ3) is 2.37. The highest BCUT2D eigenvalue weighted by Gasteiger charge is 2.23. The summed E-state index contributed by atoms with van der Waals surface area (Å²) in [6.07, 6.45) is 1.38. The second-order valence-corrected chi connectivity index (χ2v) is 5.38. The van der Waals surface area contributed by atoms with Crippen molar-refractivity contribution in [3.8, 4) is 28.6 Å². The molecule has 0 unspecified atom stereocenters. The molecule has 26 heavy (non-hydrogen) atoms. The summed E-state index contributed by atoms with van der Waals surface area (Å²) in [7, 11) is 0. The second kappa shape index (κ2) is 5.78. The molecule has 4 aromatic rings. The van der Waals surface area contributed by atoms with Gasteiger partial charge in [-0.3, -0.25) is 5.10 Å². The number of carboxylic acids is 1. The number of imidazole rings is 1. The van der Waals surface area contributed by atoms with E-state index in [1.54, 1.807) is 12.1 Å². The Kier molecular flexibility index (Phi) is 3.44. The molecule has 0 amide bonds. The molecule has 0 spiro atoms. The van der Waals surface area contributed by atoms with Crippen molar-refractivity contribution >= 4 is 11.6 Å². The maximum absolute atomic E-state index is 13.2. The Hall–Kier alpha value is -4.06. The van der Waals surface area contributed by atoms with Crippen LogP contribution in [0.1, 0.15) is 16.2 Å². The van der Waals surface area contributed by atoms with E-state index >= 15 is 0 Å². The molecule has 0 aliphatic heterocycles. The van der Waals surface area contributed by atoms with Gasteiger partial charge in [-0.25, -0.2) is 18.7 Å². The quantitative estimate of drug-likeness (QED) is 0.587. The molecule has 8 nitrogen and oxygen atoms in total. The molecule has 0 saturated carbocycles. The number of nitrogens with one attached hydrogen (secondary N) is 1. The van der Waals surface area contributed by atoms with E-state index in [4.69, 9.17) is 5.26 Å². The lowest BCUT2D eigenvalue weighted by Gasteiger charge is -2.05. The van der Waals surface area contributed by atoms with E-state index in [0.717, 1.165) is 0 Å². The van der Waals surface area contributed by atoms with E-state index in [1.807, 2.05) is 6.07 Å². The number of rotatable bonds is 3. The molecule has 0 bridgehead atoms. The van der Waals surface area contributed by atoms with Gasteiger partial charge in [-0.15, -0.1) is 0 Å². The van der Waals surface area contributed by atoms with Gasteiger partial charge in [0.1, 0.15) is 17.6 Å². The smallest absolute Gasteiger partial charge is 0.354 e. The first-order chi connectivity index (χ1) is 12.6. The first-order valence-electron chi connectivity index (χ1n) is 7.41. The van der Waals surface area contributed by atoms with Gasteiger partial charge in [-0.1, -0.05) is 0 Å². The van der Waals surface area contributed by atoms with Gasteiger partial charge in [0.2, 0.25) is 0 Å². The van der Waals surface area contributed by atoms with Gasteiger partial charge in [0, 0.05) is 5.56 Å². The van der Waals surface area contributed by atoms with Crippen LogP contribution in [0.4, 0.5) is 4.39 Å². The number of halogens is 1. The maximum Gasteiger partial charge on any atom is 0.354 e. The van der Waals surface area contributed by atoms with Crippen LogP contribution in [0, 0.1) is 17.1 Å². The number of nitriles is 1. The van der Waals surface area contributed by atoms with E-state index in [1.165, 1.54) is 35.0 Å². The van der Waals surface area contributed by atoms with Crippen molar-refractivity contribution in [3.05, 3.63) is 59.8 Å². The van der Waals surface area contributed by atoms with Gasteiger partial charge in [-0.2, -0.15) is 15.5 Å². The van der Waals surface area contributed by atoms with Crippen LogP contribution in [0.3, 0.4) is 0 Å². The zero-order valence-electron chi connectivity index (χ0n) is 13.0. The van der Waals surface area contributed by atoms with Crippen molar-refractivity contribution in [1.82, 2.24) is 24.8 Å². The molecule has 3 aromatic heterocycles. The van der Waals surface area contributed by atoms with E-state index in [-0.39, 0.29) is 22.6 Å². The molecular formula is C17H9FN6O2. The Morgan fingerprint density at radius 1 is 1.23 bits per heavy atom. The van der Waals surface area contributed by atoms with E-state index in [2.05, 4.69) is 20.3 Å². The topological polar surface area (TPSA) is 120 Å². The van der Waals surface area contributed by atoms with Crippen LogP contribution >= 0.6 is 0 Å². The first-order valence-corrected chi connectivity index (χ1v) is 7.41. The fraction of sp³-hybridized carbons (Fsp3) is 0. The number of hydrogen-bond acceptors (Lipinski definition) is 5. The number of fused-ring (bicyclic) bond motifs is 1. The van der Waals surface area contributed by atoms with Crippen LogP contribution in [0.5, 0.6) is 0 Å². The number of nitrogens with zero attached hydrogens (tertiary/aromatic N) is 5.